The summed E-state index contributed by atoms with van der Waals surface area (Å²) in [6, 6.07) is 9.01. The van der Waals surface area contributed by atoms with Gasteiger partial charge in [-0.1, -0.05) is 18.2 Å². The van der Waals surface area contributed by atoms with E-state index >= 15 is 0 Å². The summed E-state index contributed by atoms with van der Waals surface area (Å²) in [5.74, 6) is 0.862. The Balaban J connectivity index is 2.04. The second-order valence-electron chi connectivity index (χ2n) is 3.78. The number of hydrogen-bond acceptors (Lipinski definition) is 4. The van der Waals surface area contributed by atoms with Crippen LogP contribution in [0.4, 0.5) is 0 Å². The van der Waals surface area contributed by atoms with Crippen LogP contribution in [0.5, 0.6) is 5.75 Å². The number of hydrogen-bond donors (Lipinski definition) is 0. The SMILES string of the molecule is COc1ccccc1COC(=O)c1ccoc1C. The first kappa shape index (κ1) is 12.2. The zero-order valence-electron chi connectivity index (χ0n) is 10.3. The number of ether oxygens (including phenoxy) is 2. The standard InChI is InChI=1S/C14H14O4/c1-10-12(7-8-17-10)14(15)18-9-11-5-3-4-6-13(11)16-2/h3-8H,9H2,1-2H3. The van der Waals surface area contributed by atoms with Crippen LogP contribution in [0.3, 0.4) is 0 Å². The van der Waals surface area contributed by atoms with Gasteiger partial charge in [0.1, 0.15) is 23.7 Å². The quantitative estimate of drug-likeness (QED) is 0.778. The largest absolute Gasteiger partial charge is 0.496 e. The molecule has 0 atom stereocenters. The summed E-state index contributed by atoms with van der Waals surface area (Å²) >= 11 is 0. The van der Waals surface area contributed by atoms with E-state index in [4.69, 9.17) is 13.9 Å². The second-order valence-corrected chi connectivity index (χ2v) is 3.78. The zero-order chi connectivity index (χ0) is 13.0. The number of benzene rings is 1. The predicted molar refractivity (Wildman–Crippen MR) is 65.6 cm³/mol. The lowest BCUT2D eigenvalue weighted by molar-refractivity contribution is 0.0468. The molecule has 0 aliphatic carbocycles. The highest BCUT2D eigenvalue weighted by Gasteiger charge is 2.13. The maximum absolute atomic E-state index is 11.8. The zero-order valence-corrected chi connectivity index (χ0v) is 10.3. The Morgan fingerprint density at radius 2 is 2.06 bits per heavy atom. The van der Waals surface area contributed by atoms with Crippen LogP contribution in [0.15, 0.2) is 41.0 Å². The number of rotatable bonds is 4. The second kappa shape index (κ2) is 5.40. The molecule has 1 heterocycles. The summed E-state index contributed by atoms with van der Waals surface area (Å²) in [4.78, 5) is 11.8. The van der Waals surface area contributed by atoms with Crippen molar-refractivity contribution in [2.45, 2.75) is 13.5 Å². The monoisotopic (exact) mass is 246 g/mol. The van der Waals surface area contributed by atoms with Gasteiger partial charge in [-0.25, -0.2) is 4.79 Å². The fourth-order valence-electron chi connectivity index (χ4n) is 1.64. The molecule has 0 amide bonds. The van der Waals surface area contributed by atoms with Gasteiger partial charge >= 0.3 is 5.97 Å². The van der Waals surface area contributed by atoms with Gasteiger partial charge in [0.25, 0.3) is 0 Å². The molecule has 0 unspecified atom stereocenters. The van der Waals surface area contributed by atoms with Crippen molar-refractivity contribution >= 4 is 5.97 Å². The van der Waals surface area contributed by atoms with Crippen molar-refractivity contribution in [2.75, 3.05) is 7.11 Å². The Morgan fingerprint density at radius 1 is 1.28 bits per heavy atom. The Labute approximate surface area is 105 Å². The molecule has 0 aliphatic heterocycles. The first-order valence-corrected chi connectivity index (χ1v) is 5.55. The summed E-state index contributed by atoms with van der Waals surface area (Å²) in [5, 5.41) is 0. The summed E-state index contributed by atoms with van der Waals surface area (Å²) in [6.45, 7) is 1.90. The summed E-state index contributed by atoms with van der Waals surface area (Å²) in [7, 11) is 1.58. The lowest BCUT2D eigenvalue weighted by Gasteiger charge is -2.08. The highest BCUT2D eigenvalue weighted by Crippen LogP contribution is 2.19. The molecule has 0 radical (unpaired) electrons. The number of methoxy groups -OCH3 is 1. The molecule has 2 rings (SSSR count). The van der Waals surface area contributed by atoms with Gasteiger partial charge in [-0.2, -0.15) is 0 Å². The number of furan rings is 1. The molecule has 4 nitrogen and oxygen atoms in total. The molecule has 1 aromatic heterocycles. The highest BCUT2D eigenvalue weighted by atomic mass is 16.5. The van der Waals surface area contributed by atoms with Crippen molar-refractivity contribution < 1.29 is 18.7 Å². The number of aryl methyl sites for hydroxylation is 1. The molecule has 94 valence electrons. The van der Waals surface area contributed by atoms with Crippen LogP contribution < -0.4 is 4.74 Å². The highest BCUT2D eigenvalue weighted by molar-refractivity contribution is 5.90. The molecule has 0 saturated heterocycles. The first-order valence-electron chi connectivity index (χ1n) is 5.55. The van der Waals surface area contributed by atoms with Crippen molar-refractivity contribution in [1.29, 1.82) is 0 Å². The Bertz CT molecular complexity index is 542. The number of para-hydroxylation sites is 1. The minimum Gasteiger partial charge on any atom is -0.496 e. The molecule has 0 N–H and O–H groups in total. The molecular weight excluding hydrogens is 232 g/mol. The third kappa shape index (κ3) is 2.53. The van der Waals surface area contributed by atoms with Crippen LogP contribution in [0.1, 0.15) is 21.7 Å². The fraction of sp³-hybridized carbons (Fsp3) is 0.214. The fourth-order valence-corrected chi connectivity index (χ4v) is 1.64. The van der Waals surface area contributed by atoms with E-state index in [2.05, 4.69) is 0 Å². The van der Waals surface area contributed by atoms with Crippen LogP contribution in [-0.4, -0.2) is 13.1 Å². The molecule has 0 spiro atoms. The molecule has 2 aromatic rings. The first-order chi connectivity index (χ1) is 8.72. The predicted octanol–water partition coefficient (Wildman–Crippen LogP) is 2.95. The van der Waals surface area contributed by atoms with Crippen molar-refractivity contribution in [1.82, 2.24) is 0 Å². The van der Waals surface area contributed by atoms with E-state index in [0.29, 0.717) is 17.1 Å². The average molecular weight is 246 g/mol. The third-order valence-corrected chi connectivity index (χ3v) is 2.63. The molecular formula is C14H14O4. The lowest BCUT2D eigenvalue weighted by Crippen LogP contribution is -2.06. The maximum Gasteiger partial charge on any atom is 0.342 e. The molecule has 1 aromatic carbocycles. The summed E-state index contributed by atoms with van der Waals surface area (Å²) < 4.78 is 15.5. The van der Waals surface area contributed by atoms with Gasteiger partial charge in [-0.3, -0.25) is 0 Å². The summed E-state index contributed by atoms with van der Waals surface area (Å²) in [5.41, 5.74) is 1.28. The normalized spacial score (nSPS) is 10.1. The van der Waals surface area contributed by atoms with Crippen molar-refractivity contribution in [2.24, 2.45) is 0 Å². The molecule has 0 fully saturated rings. The van der Waals surface area contributed by atoms with E-state index in [-0.39, 0.29) is 6.61 Å². The van der Waals surface area contributed by atoms with Gasteiger partial charge in [0.05, 0.1) is 13.4 Å². The smallest absolute Gasteiger partial charge is 0.342 e. The van der Waals surface area contributed by atoms with E-state index < -0.39 is 5.97 Å². The van der Waals surface area contributed by atoms with Gasteiger partial charge in [-0.05, 0) is 19.1 Å². The van der Waals surface area contributed by atoms with E-state index in [9.17, 15) is 4.79 Å². The Morgan fingerprint density at radius 3 is 2.72 bits per heavy atom. The van der Waals surface area contributed by atoms with Crippen LogP contribution in [0.25, 0.3) is 0 Å². The average Bonchev–Trinajstić information content (AvgIpc) is 2.82. The van der Waals surface area contributed by atoms with Crippen molar-refractivity contribution in [3.8, 4) is 5.75 Å². The van der Waals surface area contributed by atoms with Gasteiger partial charge < -0.3 is 13.9 Å². The summed E-state index contributed by atoms with van der Waals surface area (Å²) in [6.07, 6.45) is 1.47. The Hall–Kier alpha value is -2.23. The minimum atomic E-state index is -0.396. The van der Waals surface area contributed by atoms with E-state index in [1.54, 1.807) is 20.1 Å². The van der Waals surface area contributed by atoms with E-state index in [1.165, 1.54) is 6.26 Å². The van der Waals surface area contributed by atoms with Crippen LogP contribution in [0, 0.1) is 6.92 Å². The van der Waals surface area contributed by atoms with E-state index in [1.807, 2.05) is 24.3 Å². The van der Waals surface area contributed by atoms with Gasteiger partial charge in [-0.15, -0.1) is 0 Å². The number of esters is 1. The van der Waals surface area contributed by atoms with Crippen LogP contribution in [0.2, 0.25) is 0 Å². The molecule has 0 bridgehead atoms. The van der Waals surface area contributed by atoms with Gasteiger partial charge in [0.15, 0.2) is 0 Å². The number of carbonyl (C=O) groups is 1. The molecule has 4 heteroatoms. The molecule has 0 saturated carbocycles. The van der Waals surface area contributed by atoms with Gasteiger partial charge in [0.2, 0.25) is 0 Å². The van der Waals surface area contributed by atoms with Crippen LogP contribution >= 0.6 is 0 Å². The lowest BCUT2D eigenvalue weighted by atomic mass is 10.2. The van der Waals surface area contributed by atoms with Gasteiger partial charge in [0, 0.05) is 5.56 Å². The topological polar surface area (TPSA) is 48.7 Å². The van der Waals surface area contributed by atoms with E-state index in [0.717, 1.165) is 5.56 Å². The number of carbonyl (C=O) groups excluding carboxylic acids is 1. The van der Waals surface area contributed by atoms with Crippen molar-refractivity contribution in [3.63, 3.8) is 0 Å². The maximum atomic E-state index is 11.8. The third-order valence-electron chi connectivity index (χ3n) is 2.63. The van der Waals surface area contributed by atoms with Crippen LogP contribution in [-0.2, 0) is 11.3 Å². The Kier molecular flexibility index (Phi) is 3.67. The minimum absolute atomic E-state index is 0.174. The molecule has 18 heavy (non-hydrogen) atoms. The molecule has 0 aliphatic rings. The van der Waals surface area contributed by atoms with Crippen molar-refractivity contribution in [3.05, 3.63) is 53.5 Å².